The zero-order valence-corrected chi connectivity index (χ0v) is 14.5. The SMILES string of the molecule is COc1ccc(C(=O)Nc2ccc(C3=CSC4=NCCN34)cc2)cc1. The summed E-state index contributed by atoms with van der Waals surface area (Å²) in [5, 5.41) is 6.12. The minimum atomic E-state index is -0.139. The highest BCUT2D eigenvalue weighted by atomic mass is 32.2. The van der Waals surface area contributed by atoms with E-state index in [9.17, 15) is 4.79 Å². The lowest BCUT2D eigenvalue weighted by Gasteiger charge is -2.16. The van der Waals surface area contributed by atoms with Gasteiger partial charge in [-0.15, -0.1) is 0 Å². The van der Waals surface area contributed by atoms with Crippen molar-refractivity contribution in [2.45, 2.75) is 0 Å². The Hall–Kier alpha value is -2.73. The predicted octanol–water partition coefficient (Wildman–Crippen LogP) is 3.66. The van der Waals surface area contributed by atoms with E-state index in [1.54, 1.807) is 43.1 Å². The number of thioether (sulfide) groups is 1. The topological polar surface area (TPSA) is 53.9 Å². The Balaban J connectivity index is 1.45. The Morgan fingerprint density at radius 2 is 1.92 bits per heavy atom. The van der Waals surface area contributed by atoms with E-state index < -0.39 is 0 Å². The standard InChI is InChI=1S/C19H17N3O2S/c1-24-16-8-4-14(5-9-16)18(23)21-15-6-2-13(3-7-15)17-12-25-19-20-10-11-22(17)19/h2-9,12H,10-11H2,1H3,(H,21,23). The number of hydrogen-bond acceptors (Lipinski definition) is 5. The summed E-state index contributed by atoms with van der Waals surface area (Å²) < 4.78 is 5.11. The van der Waals surface area contributed by atoms with Crippen LogP contribution >= 0.6 is 11.8 Å². The zero-order chi connectivity index (χ0) is 17.2. The van der Waals surface area contributed by atoms with E-state index in [2.05, 4.69) is 20.6 Å². The number of amides is 1. The van der Waals surface area contributed by atoms with E-state index in [-0.39, 0.29) is 5.91 Å². The van der Waals surface area contributed by atoms with E-state index in [1.807, 2.05) is 24.3 Å². The summed E-state index contributed by atoms with van der Waals surface area (Å²) in [6, 6.07) is 14.9. The van der Waals surface area contributed by atoms with Crippen LogP contribution in [0, 0.1) is 0 Å². The number of rotatable bonds is 4. The van der Waals surface area contributed by atoms with E-state index in [0.717, 1.165) is 35.3 Å². The highest BCUT2D eigenvalue weighted by molar-refractivity contribution is 8.16. The molecule has 2 aromatic carbocycles. The van der Waals surface area contributed by atoms with Gasteiger partial charge in [-0.1, -0.05) is 23.9 Å². The number of carbonyl (C=O) groups excluding carboxylic acids is 1. The molecule has 0 saturated heterocycles. The molecular formula is C19H17N3O2S. The molecule has 0 aromatic heterocycles. The first-order valence-corrected chi connectivity index (χ1v) is 8.87. The van der Waals surface area contributed by atoms with Crippen molar-refractivity contribution in [2.24, 2.45) is 4.99 Å². The predicted molar refractivity (Wildman–Crippen MR) is 102 cm³/mol. The lowest BCUT2D eigenvalue weighted by Crippen LogP contribution is -2.19. The third-order valence-electron chi connectivity index (χ3n) is 4.16. The zero-order valence-electron chi connectivity index (χ0n) is 13.7. The molecule has 0 spiro atoms. The molecule has 0 fully saturated rings. The van der Waals surface area contributed by atoms with Gasteiger partial charge in [0.25, 0.3) is 5.91 Å². The minimum absolute atomic E-state index is 0.139. The van der Waals surface area contributed by atoms with Crippen LogP contribution in [0.1, 0.15) is 15.9 Å². The molecule has 5 nitrogen and oxygen atoms in total. The number of methoxy groups -OCH3 is 1. The first kappa shape index (κ1) is 15.8. The molecule has 0 unspecified atom stereocenters. The van der Waals surface area contributed by atoms with Crippen LogP contribution in [0.3, 0.4) is 0 Å². The van der Waals surface area contributed by atoms with Crippen LogP contribution < -0.4 is 10.1 Å². The number of amidine groups is 1. The molecule has 6 heteroatoms. The van der Waals surface area contributed by atoms with Crippen molar-refractivity contribution >= 4 is 34.2 Å². The summed E-state index contributed by atoms with van der Waals surface area (Å²) in [5.41, 5.74) is 3.67. The fourth-order valence-electron chi connectivity index (χ4n) is 2.82. The van der Waals surface area contributed by atoms with Crippen LogP contribution in [0.25, 0.3) is 5.70 Å². The van der Waals surface area contributed by atoms with Gasteiger partial charge >= 0.3 is 0 Å². The van der Waals surface area contributed by atoms with E-state index in [4.69, 9.17) is 4.74 Å². The third-order valence-corrected chi connectivity index (χ3v) is 5.06. The molecule has 0 atom stereocenters. The lowest BCUT2D eigenvalue weighted by atomic mass is 10.1. The molecular weight excluding hydrogens is 334 g/mol. The highest BCUT2D eigenvalue weighted by Crippen LogP contribution is 2.35. The number of carbonyl (C=O) groups is 1. The summed E-state index contributed by atoms with van der Waals surface area (Å²) in [7, 11) is 1.60. The maximum atomic E-state index is 12.3. The van der Waals surface area contributed by atoms with Crippen LogP contribution in [-0.2, 0) is 0 Å². The summed E-state index contributed by atoms with van der Waals surface area (Å²) in [4.78, 5) is 19.0. The van der Waals surface area contributed by atoms with Crippen LogP contribution in [0.4, 0.5) is 5.69 Å². The summed E-state index contributed by atoms with van der Waals surface area (Å²) in [5.74, 6) is 0.591. The van der Waals surface area contributed by atoms with Crippen molar-refractivity contribution in [1.29, 1.82) is 0 Å². The molecule has 1 N–H and O–H groups in total. The monoisotopic (exact) mass is 351 g/mol. The van der Waals surface area contributed by atoms with Gasteiger partial charge in [-0.25, -0.2) is 0 Å². The third kappa shape index (κ3) is 3.13. The molecule has 126 valence electrons. The number of nitrogens with one attached hydrogen (secondary N) is 1. The summed E-state index contributed by atoms with van der Waals surface area (Å²) >= 11 is 1.66. The molecule has 2 aliphatic rings. The van der Waals surface area contributed by atoms with Gasteiger partial charge in [0.2, 0.25) is 0 Å². The highest BCUT2D eigenvalue weighted by Gasteiger charge is 2.26. The van der Waals surface area contributed by atoms with Crippen molar-refractivity contribution < 1.29 is 9.53 Å². The van der Waals surface area contributed by atoms with Crippen molar-refractivity contribution in [3.8, 4) is 5.75 Å². The minimum Gasteiger partial charge on any atom is -0.497 e. The maximum Gasteiger partial charge on any atom is 0.255 e. The number of anilines is 1. The number of aliphatic imine (C=N–C) groups is 1. The van der Waals surface area contributed by atoms with Gasteiger partial charge in [0.05, 0.1) is 19.4 Å². The number of nitrogens with zero attached hydrogens (tertiary/aromatic N) is 2. The normalized spacial score (nSPS) is 15.5. The smallest absolute Gasteiger partial charge is 0.255 e. The number of hydrogen-bond donors (Lipinski definition) is 1. The van der Waals surface area contributed by atoms with Crippen molar-refractivity contribution in [3.63, 3.8) is 0 Å². The Kier molecular flexibility index (Phi) is 4.19. The van der Waals surface area contributed by atoms with Gasteiger partial charge in [-0.3, -0.25) is 9.79 Å². The van der Waals surface area contributed by atoms with Gasteiger partial charge in [-0.05, 0) is 42.0 Å². The molecule has 0 radical (unpaired) electrons. The Labute approximate surface area is 150 Å². The summed E-state index contributed by atoms with van der Waals surface area (Å²) in [6.45, 7) is 1.79. The maximum absolute atomic E-state index is 12.3. The van der Waals surface area contributed by atoms with E-state index >= 15 is 0 Å². The second-order valence-electron chi connectivity index (χ2n) is 5.70. The second-order valence-corrected chi connectivity index (χ2v) is 6.53. The molecule has 2 heterocycles. The number of fused-ring (bicyclic) bond motifs is 1. The van der Waals surface area contributed by atoms with Gasteiger partial charge < -0.3 is 15.0 Å². The Morgan fingerprint density at radius 3 is 2.64 bits per heavy atom. The van der Waals surface area contributed by atoms with Crippen LogP contribution in [0.2, 0.25) is 0 Å². The van der Waals surface area contributed by atoms with Gasteiger partial charge in [-0.2, -0.15) is 0 Å². The van der Waals surface area contributed by atoms with E-state index in [1.165, 1.54) is 5.70 Å². The number of ether oxygens (including phenoxy) is 1. The average molecular weight is 351 g/mol. The summed E-state index contributed by atoms with van der Waals surface area (Å²) in [6.07, 6.45) is 0. The second kappa shape index (κ2) is 6.64. The quantitative estimate of drug-likeness (QED) is 0.913. The van der Waals surface area contributed by atoms with Crippen molar-refractivity contribution in [1.82, 2.24) is 4.90 Å². The van der Waals surface area contributed by atoms with Gasteiger partial charge in [0.1, 0.15) is 5.75 Å². The van der Waals surface area contributed by atoms with Crippen LogP contribution in [0.15, 0.2) is 58.9 Å². The molecule has 2 aromatic rings. The van der Waals surface area contributed by atoms with Crippen molar-refractivity contribution in [2.75, 3.05) is 25.5 Å². The molecule has 4 rings (SSSR count). The molecule has 2 aliphatic heterocycles. The first-order valence-electron chi connectivity index (χ1n) is 7.99. The molecule has 0 aliphatic carbocycles. The molecule has 1 amide bonds. The molecule has 0 saturated carbocycles. The molecule has 0 bridgehead atoms. The Bertz CT molecular complexity index is 857. The van der Waals surface area contributed by atoms with E-state index in [0.29, 0.717) is 5.56 Å². The van der Waals surface area contributed by atoms with Crippen molar-refractivity contribution in [3.05, 3.63) is 65.1 Å². The first-order chi connectivity index (χ1) is 12.2. The van der Waals surface area contributed by atoms with Crippen LogP contribution in [-0.4, -0.2) is 36.2 Å². The van der Waals surface area contributed by atoms with Gasteiger partial charge in [0.15, 0.2) is 5.17 Å². The average Bonchev–Trinajstić information content (AvgIpc) is 3.26. The lowest BCUT2D eigenvalue weighted by molar-refractivity contribution is 0.102. The fourth-order valence-corrected chi connectivity index (χ4v) is 3.78. The molecule has 25 heavy (non-hydrogen) atoms. The fraction of sp³-hybridized carbons (Fsp3) is 0.158. The van der Waals surface area contributed by atoms with Gasteiger partial charge in [0, 0.05) is 23.2 Å². The van der Waals surface area contributed by atoms with Crippen LogP contribution in [0.5, 0.6) is 5.75 Å². The number of benzene rings is 2. The largest absolute Gasteiger partial charge is 0.497 e. The Morgan fingerprint density at radius 1 is 1.16 bits per heavy atom.